The van der Waals surface area contributed by atoms with Gasteiger partial charge in [-0.3, -0.25) is 4.79 Å². The first-order valence-corrected chi connectivity index (χ1v) is 6.31. The zero-order valence-electron chi connectivity index (χ0n) is 11.3. The van der Waals surface area contributed by atoms with Crippen LogP contribution in [0.2, 0.25) is 0 Å². The molecule has 0 fully saturated rings. The SMILES string of the molecule is COc1ccccc1-c1cn2cc(C)cc(C=O)c2n1. The zero-order chi connectivity index (χ0) is 14.1. The molecule has 20 heavy (non-hydrogen) atoms. The van der Waals surface area contributed by atoms with E-state index in [1.165, 1.54) is 0 Å². The third kappa shape index (κ3) is 1.95. The highest BCUT2D eigenvalue weighted by atomic mass is 16.5. The van der Waals surface area contributed by atoms with Gasteiger partial charge in [0.15, 0.2) is 6.29 Å². The molecule has 4 heteroatoms. The number of para-hydroxylation sites is 1. The van der Waals surface area contributed by atoms with Crippen molar-refractivity contribution in [1.82, 2.24) is 9.38 Å². The van der Waals surface area contributed by atoms with Gasteiger partial charge in [-0.1, -0.05) is 12.1 Å². The fraction of sp³-hybridized carbons (Fsp3) is 0.125. The molecule has 0 unspecified atom stereocenters. The van der Waals surface area contributed by atoms with Crippen molar-refractivity contribution in [3.63, 3.8) is 0 Å². The molecule has 0 atom stereocenters. The molecule has 0 saturated carbocycles. The average molecular weight is 266 g/mol. The Morgan fingerprint density at radius 1 is 1.25 bits per heavy atom. The number of benzene rings is 1. The van der Waals surface area contributed by atoms with Crippen molar-refractivity contribution >= 4 is 11.9 Å². The Morgan fingerprint density at radius 2 is 2.05 bits per heavy atom. The molecule has 0 N–H and O–H groups in total. The normalized spacial score (nSPS) is 10.7. The van der Waals surface area contributed by atoms with E-state index in [4.69, 9.17) is 4.74 Å². The fourth-order valence-corrected chi connectivity index (χ4v) is 2.34. The molecule has 1 aromatic carbocycles. The summed E-state index contributed by atoms with van der Waals surface area (Å²) in [6.45, 7) is 1.95. The first-order valence-electron chi connectivity index (χ1n) is 6.31. The third-order valence-electron chi connectivity index (χ3n) is 3.23. The van der Waals surface area contributed by atoms with E-state index in [2.05, 4.69) is 4.98 Å². The predicted octanol–water partition coefficient (Wildman–Crippen LogP) is 3.13. The molecule has 100 valence electrons. The second-order valence-corrected chi connectivity index (χ2v) is 4.65. The summed E-state index contributed by atoms with van der Waals surface area (Å²) in [6.07, 6.45) is 4.70. The van der Waals surface area contributed by atoms with Crippen LogP contribution in [0.3, 0.4) is 0 Å². The van der Waals surface area contributed by atoms with Gasteiger partial charge in [-0.15, -0.1) is 0 Å². The van der Waals surface area contributed by atoms with E-state index in [0.29, 0.717) is 11.2 Å². The van der Waals surface area contributed by atoms with Crippen molar-refractivity contribution in [2.45, 2.75) is 6.92 Å². The monoisotopic (exact) mass is 266 g/mol. The number of imidazole rings is 1. The highest BCUT2D eigenvalue weighted by Gasteiger charge is 2.11. The van der Waals surface area contributed by atoms with Gasteiger partial charge < -0.3 is 9.14 Å². The molecule has 3 rings (SSSR count). The summed E-state index contributed by atoms with van der Waals surface area (Å²) in [5.74, 6) is 0.764. The lowest BCUT2D eigenvalue weighted by molar-refractivity contribution is 0.112. The molecular formula is C16H14N2O2. The molecule has 0 radical (unpaired) electrons. The standard InChI is InChI=1S/C16H14N2O2/c1-11-7-12(10-19)16-17-14(9-18(16)8-11)13-5-3-4-6-15(13)20-2/h3-10H,1-2H3. The molecule has 0 bridgehead atoms. The maximum absolute atomic E-state index is 11.2. The van der Waals surface area contributed by atoms with Crippen LogP contribution in [-0.4, -0.2) is 22.8 Å². The largest absolute Gasteiger partial charge is 0.496 e. The highest BCUT2D eigenvalue weighted by molar-refractivity contribution is 5.85. The number of hydrogen-bond donors (Lipinski definition) is 0. The molecule has 0 amide bonds. The van der Waals surface area contributed by atoms with Crippen LogP contribution in [0, 0.1) is 6.92 Å². The van der Waals surface area contributed by atoms with Crippen molar-refractivity contribution in [2.24, 2.45) is 0 Å². The molecule has 2 aromatic heterocycles. The maximum atomic E-state index is 11.2. The number of hydrogen-bond acceptors (Lipinski definition) is 3. The van der Waals surface area contributed by atoms with E-state index in [9.17, 15) is 4.79 Å². The van der Waals surface area contributed by atoms with Crippen LogP contribution in [0.25, 0.3) is 16.9 Å². The fourth-order valence-electron chi connectivity index (χ4n) is 2.34. The summed E-state index contributed by atoms with van der Waals surface area (Å²) in [7, 11) is 1.63. The summed E-state index contributed by atoms with van der Waals surface area (Å²) >= 11 is 0. The second-order valence-electron chi connectivity index (χ2n) is 4.65. The number of rotatable bonds is 3. The van der Waals surface area contributed by atoms with Crippen LogP contribution in [0.15, 0.2) is 42.7 Å². The Balaban J connectivity index is 2.25. The van der Waals surface area contributed by atoms with Crippen molar-refractivity contribution < 1.29 is 9.53 Å². The number of ether oxygens (including phenoxy) is 1. The van der Waals surface area contributed by atoms with Gasteiger partial charge in [0.1, 0.15) is 11.4 Å². The summed E-state index contributed by atoms with van der Waals surface area (Å²) in [4.78, 5) is 15.7. The van der Waals surface area contributed by atoms with E-state index in [1.807, 2.05) is 54.0 Å². The van der Waals surface area contributed by atoms with E-state index < -0.39 is 0 Å². The Labute approximate surface area is 116 Å². The van der Waals surface area contributed by atoms with E-state index >= 15 is 0 Å². The van der Waals surface area contributed by atoms with Gasteiger partial charge in [0.25, 0.3) is 0 Å². The minimum atomic E-state index is 0.589. The van der Waals surface area contributed by atoms with Crippen molar-refractivity contribution in [3.8, 4) is 17.0 Å². The molecule has 0 aliphatic rings. The van der Waals surface area contributed by atoms with Crippen LogP contribution in [-0.2, 0) is 0 Å². The number of fused-ring (bicyclic) bond motifs is 1. The van der Waals surface area contributed by atoms with Gasteiger partial charge >= 0.3 is 0 Å². The van der Waals surface area contributed by atoms with Crippen molar-refractivity contribution in [1.29, 1.82) is 0 Å². The zero-order valence-corrected chi connectivity index (χ0v) is 11.3. The molecule has 2 heterocycles. The Morgan fingerprint density at radius 3 is 2.80 bits per heavy atom. The van der Waals surface area contributed by atoms with Gasteiger partial charge in [0.2, 0.25) is 0 Å². The number of aromatic nitrogens is 2. The van der Waals surface area contributed by atoms with Crippen LogP contribution >= 0.6 is 0 Å². The topological polar surface area (TPSA) is 43.6 Å². The molecular weight excluding hydrogens is 252 g/mol. The Bertz CT molecular complexity index is 790. The van der Waals surface area contributed by atoms with Gasteiger partial charge in [-0.25, -0.2) is 4.98 Å². The number of carbonyl (C=O) groups is 1. The molecule has 4 nitrogen and oxygen atoms in total. The molecule has 3 aromatic rings. The van der Waals surface area contributed by atoms with Crippen LogP contribution in [0.4, 0.5) is 0 Å². The Kier molecular flexibility index (Phi) is 2.99. The van der Waals surface area contributed by atoms with Gasteiger partial charge in [0, 0.05) is 18.0 Å². The molecule has 0 saturated heterocycles. The number of pyridine rings is 1. The summed E-state index contributed by atoms with van der Waals surface area (Å²) in [5, 5.41) is 0. The number of carbonyl (C=O) groups excluding carboxylic acids is 1. The smallest absolute Gasteiger partial charge is 0.153 e. The quantitative estimate of drug-likeness (QED) is 0.684. The summed E-state index contributed by atoms with van der Waals surface area (Å²) in [6, 6.07) is 9.54. The van der Waals surface area contributed by atoms with Gasteiger partial charge in [0.05, 0.1) is 18.4 Å². The number of nitrogens with zero attached hydrogens (tertiary/aromatic N) is 2. The lowest BCUT2D eigenvalue weighted by atomic mass is 10.1. The Hall–Kier alpha value is -2.62. The third-order valence-corrected chi connectivity index (χ3v) is 3.23. The van der Waals surface area contributed by atoms with Crippen LogP contribution < -0.4 is 4.74 Å². The number of methoxy groups -OCH3 is 1. The minimum absolute atomic E-state index is 0.589. The van der Waals surface area contributed by atoms with Crippen LogP contribution in [0.5, 0.6) is 5.75 Å². The lowest BCUT2D eigenvalue weighted by Gasteiger charge is -2.04. The molecule has 0 aliphatic carbocycles. The first-order chi connectivity index (χ1) is 9.72. The molecule has 0 spiro atoms. The maximum Gasteiger partial charge on any atom is 0.153 e. The summed E-state index contributed by atoms with van der Waals surface area (Å²) < 4.78 is 7.23. The highest BCUT2D eigenvalue weighted by Crippen LogP contribution is 2.29. The summed E-state index contributed by atoms with van der Waals surface area (Å²) in [5.41, 5.74) is 3.96. The minimum Gasteiger partial charge on any atom is -0.496 e. The molecule has 0 aliphatic heterocycles. The number of aryl methyl sites for hydroxylation is 1. The van der Waals surface area contributed by atoms with E-state index in [-0.39, 0.29) is 0 Å². The van der Waals surface area contributed by atoms with Crippen LogP contribution in [0.1, 0.15) is 15.9 Å². The first kappa shape index (κ1) is 12.4. The van der Waals surface area contributed by atoms with E-state index in [1.54, 1.807) is 7.11 Å². The van der Waals surface area contributed by atoms with Gasteiger partial charge in [-0.2, -0.15) is 0 Å². The van der Waals surface area contributed by atoms with Crippen molar-refractivity contribution in [3.05, 3.63) is 53.9 Å². The average Bonchev–Trinajstić information content (AvgIpc) is 2.89. The van der Waals surface area contributed by atoms with E-state index in [0.717, 1.165) is 28.9 Å². The lowest BCUT2D eigenvalue weighted by Crippen LogP contribution is -1.91. The second kappa shape index (κ2) is 4.81. The predicted molar refractivity (Wildman–Crippen MR) is 77.3 cm³/mol. The van der Waals surface area contributed by atoms with Crippen molar-refractivity contribution in [2.75, 3.05) is 7.11 Å². The van der Waals surface area contributed by atoms with Gasteiger partial charge in [-0.05, 0) is 30.7 Å². The number of aldehydes is 1.